The van der Waals surface area contributed by atoms with Crippen molar-refractivity contribution in [3.63, 3.8) is 0 Å². The van der Waals surface area contributed by atoms with Crippen molar-refractivity contribution in [3.8, 4) is 0 Å². The zero-order chi connectivity index (χ0) is 15.9. The first-order valence-electron chi connectivity index (χ1n) is 6.38. The Morgan fingerprint density at radius 2 is 1.90 bits per heavy atom. The first-order chi connectivity index (χ1) is 9.61. The number of benzene rings is 1. The zero-order valence-electron chi connectivity index (χ0n) is 11.6. The van der Waals surface area contributed by atoms with Crippen LogP contribution in [0.4, 0.5) is 8.78 Å². The van der Waals surface area contributed by atoms with Crippen LogP contribution in [0.1, 0.15) is 23.7 Å². The molecule has 0 saturated heterocycles. The van der Waals surface area contributed by atoms with Crippen molar-refractivity contribution in [2.24, 2.45) is 17.0 Å². The standard InChI is InChI=1S/C13H16F2N2O3S/c1-7-3-8(7)6-17(2)13(18)9-4-10(14)11(15)5-12(9)21(16,19)20/h4-5,7-8H,3,6H2,1-2H3,(H2,16,19,20). The van der Waals surface area contributed by atoms with E-state index in [-0.39, 0.29) is 0 Å². The third-order valence-electron chi connectivity index (χ3n) is 3.69. The molecule has 0 spiro atoms. The van der Waals surface area contributed by atoms with Gasteiger partial charge in [0.1, 0.15) is 0 Å². The second-order valence-corrected chi connectivity index (χ2v) is 7.00. The van der Waals surface area contributed by atoms with Gasteiger partial charge >= 0.3 is 0 Å². The average molecular weight is 318 g/mol. The highest BCUT2D eigenvalue weighted by molar-refractivity contribution is 7.89. The number of hydrogen-bond donors (Lipinski definition) is 1. The first-order valence-corrected chi connectivity index (χ1v) is 7.93. The lowest BCUT2D eigenvalue weighted by atomic mass is 10.1. The molecule has 2 rings (SSSR count). The number of rotatable bonds is 4. The van der Waals surface area contributed by atoms with Crippen LogP contribution < -0.4 is 5.14 Å². The largest absolute Gasteiger partial charge is 0.341 e. The van der Waals surface area contributed by atoms with Gasteiger partial charge in [-0.15, -0.1) is 0 Å². The van der Waals surface area contributed by atoms with Crippen molar-refractivity contribution in [3.05, 3.63) is 29.3 Å². The van der Waals surface area contributed by atoms with Crippen LogP contribution in [0.25, 0.3) is 0 Å². The van der Waals surface area contributed by atoms with E-state index in [1.54, 1.807) is 0 Å². The molecule has 1 aromatic rings. The van der Waals surface area contributed by atoms with Crippen LogP contribution in [0.5, 0.6) is 0 Å². The minimum absolute atomic E-state index is 0.349. The van der Waals surface area contributed by atoms with Crippen molar-refractivity contribution in [2.75, 3.05) is 13.6 Å². The maximum atomic E-state index is 13.3. The van der Waals surface area contributed by atoms with Crippen LogP contribution in [-0.2, 0) is 10.0 Å². The van der Waals surface area contributed by atoms with Crippen molar-refractivity contribution in [1.82, 2.24) is 4.90 Å². The predicted octanol–water partition coefficient (Wildman–Crippen LogP) is 1.34. The fourth-order valence-electron chi connectivity index (χ4n) is 2.22. The summed E-state index contributed by atoms with van der Waals surface area (Å²) in [5.74, 6) is -2.50. The lowest BCUT2D eigenvalue weighted by molar-refractivity contribution is 0.0782. The van der Waals surface area contributed by atoms with Crippen LogP contribution in [-0.4, -0.2) is 32.8 Å². The maximum Gasteiger partial charge on any atom is 0.255 e. The Morgan fingerprint density at radius 1 is 1.38 bits per heavy atom. The Balaban J connectivity index is 2.37. The van der Waals surface area contributed by atoms with Gasteiger partial charge in [-0.25, -0.2) is 22.3 Å². The molecular formula is C13H16F2N2O3S. The minimum atomic E-state index is -4.33. The molecule has 0 heterocycles. The van der Waals surface area contributed by atoms with Gasteiger partial charge in [-0.05, 0) is 30.4 Å². The Labute approximate surface area is 121 Å². The first kappa shape index (κ1) is 15.8. The maximum absolute atomic E-state index is 13.3. The van der Waals surface area contributed by atoms with Gasteiger partial charge in [-0.2, -0.15) is 0 Å². The molecule has 0 aromatic heterocycles. The molecular weight excluding hydrogens is 302 g/mol. The molecule has 0 radical (unpaired) electrons. The van der Waals surface area contributed by atoms with Crippen molar-refractivity contribution >= 4 is 15.9 Å². The van der Waals surface area contributed by atoms with Gasteiger partial charge in [-0.3, -0.25) is 4.79 Å². The Hall–Kier alpha value is -1.54. The van der Waals surface area contributed by atoms with E-state index in [1.165, 1.54) is 11.9 Å². The van der Waals surface area contributed by atoms with Gasteiger partial charge in [0.15, 0.2) is 11.6 Å². The third-order valence-corrected chi connectivity index (χ3v) is 4.64. The molecule has 1 aliphatic carbocycles. The summed E-state index contributed by atoms with van der Waals surface area (Å²) in [5, 5.41) is 4.96. The van der Waals surface area contributed by atoms with Crippen molar-refractivity contribution in [2.45, 2.75) is 18.2 Å². The van der Waals surface area contributed by atoms with E-state index in [0.717, 1.165) is 6.42 Å². The molecule has 8 heteroatoms. The zero-order valence-corrected chi connectivity index (χ0v) is 12.5. The number of nitrogens with zero attached hydrogens (tertiary/aromatic N) is 1. The highest BCUT2D eigenvalue weighted by atomic mass is 32.2. The molecule has 5 nitrogen and oxygen atoms in total. The average Bonchev–Trinajstić information content (AvgIpc) is 3.05. The molecule has 1 fully saturated rings. The number of halogens is 2. The van der Waals surface area contributed by atoms with Crippen LogP contribution in [0.15, 0.2) is 17.0 Å². The summed E-state index contributed by atoms with van der Waals surface area (Å²) >= 11 is 0. The van der Waals surface area contributed by atoms with Crippen molar-refractivity contribution in [1.29, 1.82) is 0 Å². The predicted molar refractivity (Wildman–Crippen MR) is 72.0 cm³/mol. The Kier molecular flexibility index (Phi) is 4.03. The smallest absolute Gasteiger partial charge is 0.255 e. The lowest BCUT2D eigenvalue weighted by Gasteiger charge is -2.18. The second kappa shape index (κ2) is 5.34. The molecule has 2 unspecified atom stereocenters. The molecule has 1 aromatic carbocycles. The molecule has 1 amide bonds. The summed E-state index contributed by atoms with van der Waals surface area (Å²) in [7, 11) is -2.84. The number of carbonyl (C=O) groups is 1. The van der Waals surface area contributed by atoms with Crippen molar-refractivity contribution < 1.29 is 22.0 Å². The third kappa shape index (κ3) is 3.38. The van der Waals surface area contributed by atoms with E-state index in [4.69, 9.17) is 5.14 Å². The lowest BCUT2D eigenvalue weighted by Crippen LogP contribution is -2.31. The van der Waals surface area contributed by atoms with Gasteiger partial charge in [0.05, 0.1) is 10.5 Å². The van der Waals surface area contributed by atoms with E-state index >= 15 is 0 Å². The summed E-state index contributed by atoms with van der Waals surface area (Å²) < 4.78 is 49.4. The SMILES string of the molecule is CC1CC1CN(C)C(=O)c1cc(F)c(F)cc1S(N)(=O)=O. The molecule has 1 saturated carbocycles. The van der Waals surface area contributed by atoms with E-state index in [1.807, 2.05) is 6.92 Å². The molecule has 21 heavy (non-hydrogen) atoms. The van der Waals surface area contributed by atoms with E-state index in [0.29, 0.717) is 30.5 Å². The summed E-state index contributed by atoms with van der Waals surface area (Å²) in [6, 6.07) is 1.01. The highest BCUT2D eigenvalue weighted by Gasteiger charge is 2.35. The van der Waals surface area contributed by atoms with E-state index in [2.05, 4.69) is 0 Å². The number of hydrogen-bond acceptors (Lipinski definition) is 3. The summed E-state index contributed by atoms with van der Waals surface area (Å²) in [6.45, 7) is 2.47. The van der Waals surface area contributed by atoms with E-state index < -0.39 is 38.0 Å². The summed E-state index contributed by atoms with van der Waals surface area (Å²) in [4.78, 5) is 12.9. The Bertz CT molecular complexity index is 691. The van der Waals surface area contributed by atoms with Gasteiger partial charge in [0.2, 0.25) is 10.0 Å². The second-order valence-electron chi connectivity index (χ2n) is 5.47. The van der Waals surface area contributed by atoms with Crippen LogP contribution >= 0.6 is 0 Å². The molecule has 0 aliphatic heterocycles. The van der Waals surface area contributed by atoms with Crippen LogP contribution in [0.2, 0.25) is 0 Å². The van der Waals surface area contributed by atoms with Crippen LogP contribution in [0, 0.1) is 23.5 Å². The quantitative estimate of drug-likeness (QED) is 0.909. The van der Waals surface area contributed by atoms with Gasteiger partial charge in [0, 0.05) is 13.6 Å². The van der Waals surface area contributed by atoms with E-state index in [9.17, 15) is 22.0 Å². The van der Waals surface area contributed by atoms with Gasteiger partial charge < -0.3 is 4.90 Å². The monoisotopic (exact) mass is 318 g/mol. The van der Waals surface area contributed by atoms with Gasteiger partial charge in [-0.1, -0.05) is 6.92 Å². The van der Waals surface area contributed by atoms with Gasteiger partial charge in [0.25, 0.3) is 5.91 Å². The number of amides is 1. The molecule has 2 atom stereocenters. The number of primary sulfonamides is 1. The topological polar surface area (TPSA) is 80.5 Å². The van der Waals surface area contributed by atoms with Crippen LogP contribution in [0.3, 0.4) is 0 Å². The normalized spacial score (nSPS) is 21.2. The Morgan fingerprint density at radius 3 is 2.38 bits per heavy atom. The number of carbonyl (C=O) groups excluding carboxylic acids is 1. The molecule has 0 bridgehead atoms. The summed E-state index contributed by atoms with van der Waals surface area (Å²) in [6.07, 6.45) is 0.984. The minimum Gasteiger partial charge on any atom is -0.341 e. The highest BCUT2D eigenvalue weighted by Crippen LogP contribution is 2.38. The summed E-state index contributed by atoms with van der Waals surface area (Å²) in [5.41, 5.74) is -0.452. The molecule has 1 aliphatic rings. The number of sulfonamides is 1. The fourth-order valence-corrected chi connectivity index (χ4v) is 2.95. The fraction of sp³-hybridized carbons (Fsp3) is 0.462. The molecule has 2 N–H and O–H groups in total. The number of nitrogens with two attached hydrogens (primary N) is 1. The molecule has 116 valence electrons.